The maximum atomic E-state index is 12.1. The molecule has 20 heavy (non-hydrogen) atoms. The van der Waals surface area contributed by atoms with Crippen molar-refractivity contribution in [1.82, 2.24) is 9.88 Å². The number of hydrogen-bond donors (Lipinski definition) is 0. The van der Waals surface area contributed by atoms with Crippen molar-refractivity contribution in [3.05, 3.63) is 29.1 Å². The van der Waals surface area contributed by atoms with Crippen LogP contribution in [-0.2, 0) is 27.2 Å². The van der Waals surface area contributed by atoms with E-state index in [9.17, 15) is 9.59 Å². The summed E-state index contributed by atoms with van der Waals surface area (Å²) in [5, 5.41) is 0. The molecular weight excluding hydrogens is 260 g/mol. The van der Waals surface area contributed by atoms with E-state index in [1.807, 2.05) is 13.0 Å². The van der Waals surface area contributed by atoms with Crippen LogP contribution in [0.4, 0.5) is 0 Å². The molecule has 0 radical (unpaired) electrons. The zero-order valence-corrected chi connectivity index (χ0v) is 11.5. The predicted molar refractivity (Wildman–Crippen MR) is 69.0 cm³/mol. The molecule has 6 heteroatoms. The average Bonchev–Trinajstić information content (AvgIpc) is 3.21. The number of methoxy groups -OCH3 is 1. The van der Waals surface area contributed by atoms with Crippen LogP contribution in [0.3, 0.4) is 0 Å². The SMILES string of the molecule is COC(=O)c1nccc2c1CCN(C(=O)[C@@H]1O[C@H]1C)C2. The van der Waals surface area contributed by atoms with E-state index < -0.39 is 5.97 Å². The Hall–Kier alpha value is -1.95. The van der Waals surface area contributed by atoms with E-state index in [4.69, 9.17) is 9.47 Å². The first kappa shape index (κ1) is 13.1. The minimum atomic E-state index is -0.430. The molecule has 0 aliphatic carbocycles. The van der Waals surface area contributed by atoms with Gasteiger partial charge in [0, 0.05) is 19.3 Å². The van der Waals surface area contributed by atoms with Crippen LogP contribution in [0.1, 0.15) is 28.5 Å². The van der Waals surface area contributed by atoms with Crippen LogP contribution in [0, 0.1) is 0 Å². The molecule has 3 heterocycles. The number of nitrogens with zero attached hydrogens (tertiary/aromatic N) is 2. The highest BCUT2D eigenvalue weighted by atomic mass is 16.6. The number of epoxide rings is 1. The predicted octanol–water partition coefficient (Wildman–Crippen LogP) is 0.540. The number of hydrogen-bond acceptors (Lipinski definition) is 5. The van der Waals surface area contributed by atoms with Crippen molar-refractivity contribution >= 4 is 11.9 Å². The van der Waals surface area contributed by atoms with Crippen molar-refractivity contribution < 1.29 is 19.1 Å². The van der Waals surface area contributed by atoms with Crippen molar-refractivity contribution in [2.24, 2.45) is 0 Å². The van der Waals surface area contributed by atoms with Crippen LogP contribution >= 0.6 is 0 Å². The summed E-state index contributed by atoms with van der Waals surface area (Å²) in [5.74, 6) is -0.402. The number of carbonyl (C=O) groups is 2. The van der Waals surface area contributed by atoms with Crippen molar-refractivity contribution in [3.8, 4) is 0 Å². The second kappa shape index (κ2) is 4.86. The Labute approximate surface area is 116 Å². The van der Waals surface area contributed by atoms with Crippen LogP contribution in [0.5, 0.6) is 0 Å². The van der Waals surface area contributed by atoms with Gasteiger partial charge in [0.25, 0.3) is 5.91 Å². The fourth-order valence-electron chi connectivity index (χ4n) is 2.58. The summed E-state index contributed by atoms with van der Waals surface area (Å²) >= 11 is 0. The Bertz CT molecular complexity index is 572. The molecule has 6 nitrogen and oxygen atoms in total. The fraction of sp³-hybridized carbons (Fsp3) is 0.500. The number of pyridine rings is 1. The monoisotopic (exact) mass is 276 g/mol. The number of fused-ring (bicyclic) bond motifs is 1. The molecule has 1 fully saturated rings. The van der Waals surface area contributed by atoms with Crippen LogP contribution in [0.25, 0.3) is 0 Å². The highest BCUT2D eigenvalue weighted by Gasteiger charge is 2.44. The molecule has 1 aromatic rings. The van der Waals surface area contributed by atoms with E-state index in [0.29, 0.717) is 25.2 Å². The Kier molecular flexibility index (Phi) is 3.17. The van der Waals surface area contributed by atoms with E-state index >= 15 is 0 Å². The van der Waals surface area contributed by atoms with E-state index in [0.717, 1.165) is 11.1 Å². The summed E-state index contributed by atoms with van der Waals surface area (Å²) in [6, 6.07) is 1.85. The van der Waals surface area contributed by atoms with Crippen LogP contribution in [0.2, 0.25) is 0 Å². The molecule has 0 spiro atoms. The highest BCUT2D eigenvalue weighted by Crippen LogP contribution is 2.27. The molecule has 3 rings (SSSR count). The Morgan fingerprint density at radius 3 is 2.90 bits per heavy atom. The van der Waals surface area contributed by atoms with Gasteiger partial charge in [-0.15, -0.1) is 0 Å². The van der Waals surface area contributed by atoms with Gasteiger partial charge in [0.1, 0.15) is 0 Å². The molecule has 0 aromatic carbocycles. The number of esters is 1. The molecule has 1 amide bonds. The van der Waals surface area contributed by atoms with Crippen LogP contribution < -0.4 is 0 Å². The van der Waals surface area contributed by atoms with Gasteiger partial charge in [0.2, 0.25) is 0 Å². The summed E-state index contributed by atoms with van der Waals surface area (Å²) < 4.78 is 9.96. The Balaban J connectivity index is 1.82. The summed E-state index contributed by atoms with van der Waals surface area (Å²) in [4.78, 5) is 29.7. The first-order chi connectivity index (χ1) is 9.61. The standard InChI is InChI=1S/C14H16N2O4/c1-8-12(20-8)13(17)16-6-4-10-9(7-16)3-5-15-11(10)14(18)19-2/h3,5,8,12H,4,6-7H2,1-2H3/t8-,12+/m0/s1. The lowest BCUT2D eigenvalue weighted by Crippen LogP contribution is -2.39. The molecule has 1 saturated heterocycles. The van der Waals surface area contributed by atoms with Crippen molar-refractivity contribution in [2.45, 2.75) is 32.1 Å². The quantitative estimate of drug-likeness (QED) is 0.582. The first-order valence-electron chi connectivity index (χ1n) is 6.61. The van der Waals surface area contributed by atoms with Crippen molar-refractivity contribution in [2.75, 3.05) is 13.7 Å². The van der Waals surface area contributed by atoms with Crippen LogP contribution in [0.15, 0.2) is 12.3 Å². The van der Waals surface area contributed by atoms with Crippen molar-refractivity contribution in [1.29, 1.82) is 0 Å². The number of ether oxygens (including phenoxy) is 2. The number of rotatable bonds is 2. The van der Waals surface area contributed by atoms with E-state index in [1.165, 1.54) is 7.11 Å². The second-order valence-electron chi connectivity index (χ2n) is 5.06. The lowest BCUT2D eigenvalue weighted by molar-refractivity contribution is -0.133. The van der Waals surface area contributed by atoms with Crippen LogP contribution in [-0.4, -0.2) is 47.6 Å². The van der Waals surface area contributed by atoms with Gasteiger partial charge in [-0.05, 0) is 30.5 Å². The average molecular weight is 276 g/mol. The minimum absolute atomic E-state index is 0.0203. The van der Waals surface area contributed by atoms with Gasteiger partial charge in [0.05, 0.1) is 13.2 Å². The van der Waals surface area contributed by atoms with Gasteiger partial charge in [0.15, 0.2) is 11.8 Å². The van der Waals surface area contributed by atoms with Gasteiger partial charge in [-0.25, -0.2) is 9.78 Å². The maximum Gasteiger partial charge on any atom is 0.356 e. The minimum Gasteiger partial charge on any atom is -0.464 e. The largest absolute Gasteiger partial charge is 0.464 e. The van der Waals surface area contributed by atoms with Gasteiger partial charge in [-0.3, -0.25) is 4.79 Å². The lowest BCUT2D eigenvalue weighted by Gasteiger charge is -2.29. The summed E-state index contributed by atoms with van der Waals surface area (Å²) in [6.45, 7) is 2.96. The third kappa shape index (κ3) is 2.16. The fourth-order valence-corrected chi connectivity index (χ4v) is 2.58. The molecule has 0 unspecified atom stereocenters. The normalized spacial score (nSPS) is 24.0. The second-order valence-corrected chi connectivity index (χ2v) is 5.06. The number of amides is 1. The van der Waals surface area contributed by atoms with Crippen molar-refractivity contribution in [3.63, 3.8) is 0 Å². The van der Waals surface area contributed by atoms with E-state index in [2.05, 4.69) is 4.98 Å². The summed E-state index contributed by atoms with van der Waals surface area (Å²) in [6.07, 6.45) is 1.92. The molecule has 2 aliphatic rings. The first-order valence-corrected chi connectivity index (χ1v) is 6.61. The molecule has 1 aromatic heterocycles. The molecule has 106 valence electrons. The number of aromatic nitrogens is 1. The molecule has 0 saturated carbocycles. The molecular formula is C14H16N2O4. The lowest BCUT2D eigenvalue weighted by atomic mass is 9.98. The van der Waals surface area contributed by atoms with E-state index in [1.54, 1.807) is 11.1 Å². The zero-order chi connectivity index (χ0) is 14.3. The summed E-state index contributed by atoms with van der Waals surface area (Å²) in [5.41, 5.74) is 2.19. The molecule has 0 bridgehead atoms. The molecule has 2 aliphatic heterocycles. The molecule has 2 atom stereocenters. The third-order valence-corrected chi connectivity index (χ3v) is 3.79. The van der Waals surface area contributed by atoms with Gasteiger partial charge in [-0.1, -0.05) is 0 Å². The van der Waals surface area contributed by atoms with Gasteiger partial charge >= 0.3 is 5.97 Å². The smallest absolute Gasteiger partial charge is 0.356 e. The maximum absolute atomic E-state index is 12.1. The van der Waals surface area contributed by atoms with Gasteiger partial charge < -0.3 is 14.4 Å². The Morgan fingerprint density at radius 2 is 2.25 bits per heavy atom. The molecule has 0 N–H and O–H groups in total. The van der Waals surface area contributed by atoms with Gasteiger partial charge in [-0.2, -0.15) is 0 Å². The topological polar surface area (TPSA) is 72.0 Å². The zero-order valence-electron chi connectivity index (χ0n) is 11.5. The Morgan fingerprint density at radius 1 is 1.50 bits per heavy atom. The van der Waals surface area contributed by atoms with E-state index in [-0.39, 0.29) is 18.1 Å². The highest BCUT2D eigenvalue weighted by molar-refractivity contribution is 5.89. The third-order valence-electron chi connectivity index (χ3n) is 3.79. The number of carbonyl (C=O) groups excluding carboxylic acids is 2. The summed E-state index contributed by atoms with van der Waals surface area (Å²) in [7, 11) is 1.34.